The molecule has 1 unspecified atom stereocenters. The highest BCUT2D eigenvalue weighted by Crippen LogP contribution is 2.35. The van der Waals surface area contributed by atoms with E-state index in [9.17, 15) is 0 Å². The average Bonchev–Trinajstić information content (AvgIpc) is 2.27. The molecule has 0 aromatic carbocycles. The van der Waals surface area contributed by atoms with Crippen LogP contribution in [0.4, 0.5) is 0 Å². The fourth-order valence-corrected chi connectivity index (χ4v) is 2.84. The summed E-state index contributed by atoms with van der Waals surface area (Å²) in [6.07, 6.45) is 6.63. The predicted molar refractivity (Wildman–Crippen MR) is 70.3 cm³/mol. The van der Waals surface area contributed by atoms with Gasteiger partial charge in [0.15, 0.2) is 0 Å². The molecule has 1 aromatic heterocycles. The van der Waals surface area contributed by atoms with Crippen LogP contribution in [0.2, 0.25) is 0 Å². The Kier molecular flexibility index (Phi) is 4.81. The Morgan fingerprint density at radius 2 is 2.29 bits per heavy atom. The minimum atomic E-state index is 0.206. The molecule has 94 valence electrons. The third-order valence-electron chi connectivity index (χ3n) is 3.34. The fourth-order valence-electron chi connectivity index (χ4n) is 2.43. The van der Waals surface area contributed by atoms with Crippen molar-refractivity contribution in [2.45, 2.75) is 44.1 Å². The Morgan fingerprint density at radius 1 is 1.47 bits per heavy atom. The molecule has 1 aliphatic rings. The SMILES string of the molecule is CCOC1CC(CC(Cl)Cc2ccccn2)C1. The van der Waals surface area contributed by atoms with Crippen molar-refractivity contribution >= 4 is 11.6 Å². The summed E-state index contributed by atoms with van der Waals surface area (Å²) in [5, 5.41) is 0.206. The number of ether oxygens (including phenoxy) is 1. The average molecular weight is 254 g/mol. The Labute approximate surface area is 108 Å². The predicted octanol–water partition coefficient (Wildman–Crippen LogP) is 3.44. The Bertz CT molecular complexity index is 324. The van der Waals surface area contributed by atoms with Crippen LogP contribution in [-0.2, 0) is 11.2 Å². The maximum atomic E-state index is 6.37. The summed E-state index contributed by atoms with van der Waals surface area (Å²) in [5.74, 6) is 0.748. The Balaban J connectivity index is 1.67. The lowest BCUT2D eigenvalue weighted by Crippen LogP contribution is -2.33. The van der Waals surface area contributed by atoms with Crippen molar-refractivity contribution in [1.82, 2.24) is 4.98 Å². The number of pyridine rings is 1. The molecule has 17 heavy (non-hydrogen) atoms. The van der Waals surface area contributed by atoms with Gasteiger partial charge in [-0.3, -0.25) is 4.98 Å². The lowest BCUT2D eigenvalue weighted by Gasteiger charge is -2.35. The fraction of sp³-hybridized carbons (Fsp3) is 0.643. The van der Waals surface area contributed by atoms with E-state index in [1.807, 2.05) is 24.4 Å². The molecule has 3 heteroatoms. The Hall–Kier alpha value is -0.600. The van der Waals surface area contributed by atoms with E-state index in [1.165, 1.54) is 12.8 Å². The topological polar surface area (TPSA) is 22.1 Å². The number of rotatable bonds is 6. The van der Waals surface area contributed by atoms with Gasteiger partial charge >= 0.3 is 0 Å². The van der Waals surface area contributed by atoms with Crippen LogP contribution in [-0.4, -0.2) is 23.1 Å². The number of nitrogens with zero attached hydrogens (tertiary/aromatic N) is 1. The van der Waals surface area contributed by atoms with E-state index >= 15 is 0 Å². The van der Waals surface area contributed by atoms with Crippen LogP contribution in [0.15, 0.2) is 24.4 Å². The van der Waals surface area contributed by atoms with Crippen molar-refractivity contribution in [2.24, 2.45) is 5.92 Å². The zero-order valence-corrected chi connectivity index (χ0v) is 11.1. The van der Waals surface area contributed by atoms with Crippen LogP contribution in [0.25, 0.3) is 0 Å². The summed E-state index contributed by atoms with van der Waals surface area (Å²) >= 11 is 6.37. The number of alkyl halides is 1. The molecule has 1 fully saturated rings. The smallest absolute Gasteiger partial charge is 0.0580 e. The molecular weight excluding hydrogens is 234 g/mol. The first-order chi connectivity index (χ1) is 8.28. The molecule has 1 atom stereocenters. The van der Waals surface area contributed by atoms with Crippen molar-refractivity contribution in [1.29, 1.82) is 0 Å². The second-order valence-corrected chi connectivity index (χ2v) is 5.39. The molecule has 2 rings (SSSR count). The normalized spacial score (nSPS) is 25.3. The highest BCUT2D eigenvalue weighted by Gasteiger charge is 2.30. The van der Waals surface area contributed by atoms with Gasteiger partial charge < -0.3 is 4.74 Å². The van der Waals surface area contributed by atoms with Crippen molar-refractivity contribution in [3.63, 3.8) is 0 Å². The summed E-state index contributed by atoms with van der Waals surface area (Å²) in [5.41, 5.74) is 1.09. The molecule has 0 amide bonds. The van der Waals surface area contributed by atoms with Crippen LogP contribution in [0.1, 0.15) is 31.9 Å². The van der Waals surface area contributed by atoms with Gasteiger partial charge in [0.25, 0.3) is 0 Å². The molecule has 1 saturated carbocycles. The van der Waals surface area contributed by atoms with E-state index in [0.717, 1.165) is 31.1 Å². The van der Waals surface area contributed by atoms with E-state index in [0.29, 0.717) is 6.10 Å². The summed E-state index contributed by atoms with van der Waals surface area (Å²) in [7, 11) is 0. The van der Waals surface area contributed by atoms with Crippen LogP contribution in [0.5, 0.6) is 0 Å². The maximum absolute atomic E-state index is 6.37. The van der Waals surface area contributed by atoms with Gasteiger partial charge in [0.1, 0.15) is 0 Å². The van der Waals surface area contributed by atoms with Crippen molar-refractivity contribution in [3.05, 3.63) is 30.1 Å². The van der Waals surface area contributed by atoms with E-state index in [4.69, 9.17) is 16.3 Å². The van der Waals surface area contributed by atoms with Crippen LogP contribution in [0.3, 0.4) is 0 Å². The van der Waals surface area contributed by atoms with E-state index in [-0.39, 0.29) is 5.38 Å². The molecule has 1 heterocycles. The van der Waals surface area contributed by atoms with Gasteiger partial charge in [-0.2, -0.15) is 0 Å². The highest BCUT2D eigenvalue weighted by atomic mass is 35.5. The van der Waals surface area contributed by atoms with Crippen molar-refractivity contribution in [3.8, 4) is 0 Å². The monoisotopic (exact) mass is 253 g/mol. The molecule has 0 spiro atoms. The first kappa shape index (κ1) is 12.8. The lowest BCUT2D eigenvalue weighted by molar-refractivity contribution is -0.0266. The summed E-state index contributed by atoms with van der Waals surface area (Å²) in [4.78, 5) is 4.31. The molecule has 2 nitrogen and oxygen atoms in total. The second kappa shape index (κ2) is 6.36. The van der Waals surface area contributed by atoms with Gasteiger partial charge in [-0.25, -0.2) is 0 Å². The third kappa shape index (κ3) is 3.97. The van der Waals surface area contributed by atoms with Gasteiger partial charge in [0.05, 0.1) is 6.10 Å². The molecule has 0 saturated heterocycles. The minimum absolute atomic E-state index is 0.206. The van der Waals surface area contributed by atoms with Gasteiger partial charge in [-0.05, 0) is 44.2 Å². The molecule has 0 N–H and O–H groups in total. The first-order valence-electron chi connectivity index (χ1n) is 6.43. The van der Waals surface area contributed by atoms with E-state index in [2.05, 4.69) is 11.9 Å². The zero-order chi connectivity index (χ0) is 12.1. The van der Waals surface area contributed by atoms with Crippen LogP contribution < -0.4 is 0 Å². The van der Waals surface area contributed by atoms with Crippen molar-refractivity contribution < 1.29 is 4.74 Å². The lowest BCUT2D eigenvalue weighted by atomic mass is 9.79. The summed E-state index contributed by atoms with van der Waals surface area (Å²) in [6.45, 7) is 2.88. The maximum Gasteiger partial charge on any atom is 0.0580 e. The minimum Gasteiger partial charge on any atom is -0.378 e. The van der Waals surface area contributed by atoms with E-state index in [1.54, 1.807) is 0 Å². The molecule has 0 aliphatic heterocycles. The first-order valence-corrected chi connectivity index (χ1v) is 6.87. The second-order valence-electron chi connectivity index (χ2n) is 4.77. The highest BCUT2D eigenvalue weighted by molar-refractivity contribution is 6.20. The standard InChI is InChI=1S/C14H20ClNO/c1-2-17-14-8-11(9-14)7-12(15)10-13-5-3-4-6-16-13/h3-6,11-12,14H,2,7-10H2,1H3. The number of halogens is 1. The summed E-state index contributed by atoms with van der Waals surface area (Å²) < 4.78 is 5.55. The molecular formula is C14H20ClNO. The molecule has 0 bridgehead atoms. The van der Waals surface area contributed by atoms with E-state index < -0.39 is 0 Å². The molecule has 0 radical (unpaired) electrons. The number of hydrogen-bond acceptors (Lipinski definition) is 2. The third-order valence-corrected chi connectivity index (χ3v) is 3.67. The number of aromatic nitrogens is 1. The van der Waals surface area contributed by atoms with Gasteiger partial charge in [0.2, 0.25) is 0 Å². The molecule has 1 aliphatic carbocycles. The van der Waals surface area contributed by atoms with Gasteiger partial charge in [-0.15, -0.1) is 11.6 Å². The quantitative estimate of drug-likeness (QED) is 0.725. The number of hydrogen-bond donors (Lipinski definition) is 0. The Morgan fingerprint density at radius 3 is 2.94 bits per heavy atom. The molecule has 1 aromatic rings. The largest absolute Gasteiger partial charge is 0.378 e. The van der Waals surface area contributed by atoms with Crippen LogP contribution >= 0.6 is 11.6 Å². The van der Waals surface area contributed by atoms with Crippen LogP contribution in [0, 0.1) is 5.92 Å². The van der Waals surface area contributed by atoms with Gasteiger partial charge in [-0.1, -0.05) is 6.07 Å². The zero-order valence-electron chi connectivity index (χ0n) is 10.3. The van der Waals surface area contributed by atoms with Gasteiger partial charge in [0, 0.05) is 30.3 Å². The van der Waals surface area contributed by atoms with Crippen molar-refractivity contribution in [2.75, 3.05) is 6.61 Å². The summed E-state index contributed by atoms with van der Waals surface area (Å²) in [6, 6.07) is 5.99.